The number of primary sulfonamides is 1. The molecule has 0 saturated carbocycles. The zero-order valence-corrected chi connectivity index (χ0v) is 15.2. The van der Waals surface area contributed by atoms with E-state index in [2.05, 4.69) is 5.32 Å². The van der Waals surface area contributed by atoms with Crippen molar-refractivity contribution in [1.29, 1.82) is 0 Å². The Labute approximate surface area is 157 Å². The van der Waals surface area contributed by atoms with E-state index in [-0.39, 0.29) is 17.3 Å². The molecule has 7 heteroatoms. The first-order valence-electron chi connectivity index (χ1n) is 8.24. The molecule has 0 aliphatic rings. The minimum Gasteiger partial charge on any atom is -0.489 e. The van der Waals surface area contributed by atoms with Crippen molar-refractivity contribution in [2.45, 2.75) is 18.0 Å². The predicted octanol–water partition coefficient (Wildman–Crippen LogP) is 3.66. The number of hydrogen-bond donors (Lipinski definition) is 2. The predicted molar refractivity (Wildman–Crippen MR) is 102 cm³/mol. The molecule has 0 atom stereocenters. The van der Waals surface area contributed by atoms with Gasteiger partial charge in [-0.15, -0.1) is 0 Å². The average Bonchev–Trinajstić information content (AvgIpc) is 2.66. The first-order valence-corrected chi connectivity index (χ1v) is 9.78. The van der Waals surface area contributed by atoms with Crippen molar-refractivity contribution in [1.82, 2.24) is 0 Å². The standard InChI is InChI=1S/C20H19FN2O3S/c21-20-7-2-1-5-16(20)14-26-18-6-3-4-15(12-18)13-23-17-8-10-19(11-9-17)27(22,24)25/h1-12,23H,13-14H2,(H2,22,24,25). The van der Waals surface area contributed by atoms with Crippen molar-refractivity contribution < 1.29 is 17.5 Å². The van der Waals surface area contributed by atoms with Crippen LogP contribution < -0.4 is 15.2 Å². The molecule has 0 aliphatic carbocycles. The third kappa shape index (κ3) is 5.29. The molecule has 0 fully saturated rings. The maximum atomic E-state index is 13.6. The summed E-state index contributed by atoms with van der Waals surface area (Å²) in [6.07, 6.45) is 0. The third-order valence-corrected chi connectivity index (χ3v) is 4.86. The normalized spacial score (nSPS) is 11.2. The summed E-state index contributed by atoms with van der Waals surface area (Å²) in [6, 6.07) is 20.2. The van der Waals surface area contributed by atoms with Crippen LogP contribution in [-0.4, -0.2) is 8.42 Å². The second-order valence-electron chi connectivity index (χ2n) is 5.95. The first-order chi connectivity index (χ1) is 12.9. The monoisotopic (exact) mass is 386 g/mol. The van der Waals surface area contributed by atoms with E-state index in [1.54, 1.807) is 30.3 Å². The van der Waals surface area contributed by atoms with Gasteiger partial charge in [0, 0.05) is 17.8 Å². The minimum atomic E-state index is -3.70. The zero-order valence-electron chi connectivity index (χ0n) is 14.4. The van der Waals surface area contributed by atoms with Crippen molar-refractivity contribution in [2.24, 2.45) is 5.14 Å². The van der Waals surface area contributed by atoms with Crippen LogP contribution in [0.2, 0.25) is 0 Å². The summed E-state index contributed by atoms with van der Waals surface area (Å²) in [7, 11) is -3.70. The van der Waals surface area contributed by atoms with Crippen LogP contribution >= 0.6 is 0 Å². The van der Waals surface area contributed by atoms with Crippen LogP contribution in [0.4, 0.5) is 10.1 Å². The lowest BCUT2D eigenvalue weighted by Crippen LogP contribution is -2.12. The van der Waals surface area contributed by atoms with Crippen LogP contribution in [0.3, 0.4) is 0 Å². The molecule has 0 unspecified atom stereocenters. The summed E-state index contributed by atoms with van der Waals surface area (Å²) >= 11 is 0. The highest BCUT2D eigenvalue weighted by Gasteiger charge is 2.07. The van der Waals surface area contributed by atoms with Crippen LogP contribution in [-0.2, 0) is 23.2 Å². The number of ether oxygens (including phenoxy) is 1. The van der Waals surface area contributed by atoms with E-state index in [0.29, 0.717) is 17.9 Å². The van der Waals surface area contributed by atoms with E-state index in [0.717, 1.165) is 11.3 Å². The van der Waals surface area contributed by atoms with Gasteiger partial charge in [0.25, 0.3) is 0 Å². The number of sulfonamides is 1. The number of anilines is 1. The molecule has 27 heavy (non-hydrogen) atoms. The average molecular weight is 386 g/mol. The van der Waals surface area contributed by atoms with Gasteiger partial charge in [0.1, 0.15) is 18.2 Å². The summed E-state index contributed by atoms with van der Waals surface area (Å²) in [5, 5.41) is 8.28. The summed E-state index contributed by atoms with van der Waals surface area (Å²) in [4.78, 5) is 0.0663. The lowest BCUT2D eigenvalue weighted by molar-refractivity contribution is 0.299. The molecule has 0 aromatic heterocycles. The van der Waals surface area contributed by atoms with Gasteiger partial charge in [0.05, 0.1) is 4.90 Å². The molecule has 3 N–H and O–H groups in total. The van der Waals surface area contributed by atoms with E-state index < -0.39 is 10.0 Å². The molecule has 3 rings (SSSR count). The van der Waals surface area contributed by atoms with Gasteiger partial charge < -0.3 is 10.1 Å². The van der Waals surface area contributed by atoms with E-state index >= 15 is 0 Å². The van der Waals surface area contributed by atoms with Gasteiger partial charge in [-0.25, -0.2) is 17.9 Å². The Balaban J connectivity index is 1.60. The quantitative estimate of drug-likeness (QED) is 0.649. The second kappa shape index (κ2) is 8.20. The Morgan fingerprint density at radius 2 is 1.70 bits per heavy atom. The molecule has 3 aromatic carbocycles. The summed E-state index contributed by atoms with van der Waals surface area (Å²) in [5.41, 5.74) is 2.23. The van der Waals surface area contributed by atoms with E-state index in [1.807, 2.05) is 24.3 Å². The molecule has 0 saturated heterocycles. The molecule has 0 aliphatic heterocycles. The lowest BCUT2D eigenvalue weighted by atomic mass is 10.2. The van der Waals surface area contributed by atoms with Gasteiger partial charge in [0.15, 0.2) is 0 Å². The summed E-state index contributed by atoms with van der Waals surface area (Å²) < 4.78 is 41.8. The maximum absolute atomic E-state index is 13.6. The highest BCUT2D eigenvalue weighted by molar-refractivity contribution is 7.89. The van der Waals surface area contributed by atoms with Crippen molar-refractivity contribution in [2.75, 3.05) is 5.32 Å². The highest BCUT2D eigenvalue weighted by atomic mass is 32.2. The SMILES string of the molecule is NS(=O)(=O)c1ccc(NCc2cccc(OCc3ccccc3F)c2)cc1. The minimum absolute atomic E-state index is 0.0663. The van der Waals surface area contributed by atoms with Crippen LogP contribution in [0.25, 0.3) is 0 Å². The van der Waals surface area contributed by atoms with Crippen LogP contribution in [0.1, 0.15) is 11.1 Å². The van der Waals surface area contributed by atoms with Crippen molar-refractivity contribution in [3.63, 3.8) is 0 Å². The number of rotatable bonds is 7. The third-order valence-electron chi connectivity index (χ3n) is 3.93. The number of halogens is 1. The van der Waals surface area contributed by atoms with Gasteiger partial charge in [-0.05, 0) is 48.0 Å². The molecular formula is C20H19FN2O3S. The second-order valence-corrected chi connectivity index (χ2v) is 7.51. The Kier molecular flexibility index (Phi) is 5.73. The number of nitrogens with two attached hydrogens (primary N) is 1. The number of benzene rings is 3. The Morgan fingerprint density at radius 3 is 2.41 bits per heavy atom. The number of nitrogens with one attached hydrogen (secondary N) is 1. The Morgan fingerprint density at radius 1 is 0.963 bits per heavy atom. The Bertz CT molecular complexity index is 1020. The van der Waals surface area contributed by atoms with Gasteiger partial charge in [-0.2, -0.15) is 0 Å². The largest absolute Gasteiger partial charge is 0.489 e. The van der Waals surface area contributed by atoms with Gasteiger partial charge >= 0.3 is 0 Å². The first kappa shape index (κ1) is 18.9. The molecule has 140 valence electrons. The number of hydrogen-bond acceptors (Lipinski definition) is 4. The summed E-state index contributed by atoms with van der Waals surface area (Å²) in [5.74, 6) is 0.348. The molecule has 0 heterocycles. The van der Waals surface area contributed by atoms with Crippen LogP contribution in [0, 0.1) is 5.82 Å². The molecule has 5 nitrogen and oxygen atoms in total. The van der Waals surface area contributed by atoms with Gasteiger partial charge in [-0.1, -0.05) is 30.3 Å². The summed E-state index contributed by atoms with van der Waals surface area (Å²) in [6.45, 7) is 0.671. The van der Waals surface area contributed by atoms with Crippen LogP contribution in [0.15, 0.2) is 77.7 Å². The molecule has 0 bridgehead atoms. The molecule has 0 spiro atoms. The van der Waals surface area contributed by atoms with Gasteiger partial charge in [0.2, 0.25) is 10.0 Å². The highest BCUT2D eigenvalue weighted by Crippen LogP contribution is 2.18. The lowest BCUT2D eigenvalue weighted by Gasteiger charge is -2.10. The van der Waals surface area contributed by atoms with E-state index in [9.17, 15) is 12.8 Å². The fourth-order valence-corrected chi connectivity index (χ4v) is 3.00. The van der Waals surface area contributed by atoms with Crippen molar-refractivity contribution >= 4 is 15.7 Å². The van der Waals surface area contributed by atoms with Crippen LogP contribution in [0.5, 0.6) is 5.75 Å². The van der Waals surface area contributed by atoms with Crippen molar-refractivity contribution in [3.05, 3.63) is 89.7 Å². The fraction of sp³-hybridized carbons (Fsp3) is 0.100. The van der Waals surface area contributed by atoms with Gasteiger partial charge in [-0.3, -0.25) is 0 Å². The van der Waals surface area contributed by atoms with Crippen molar-refractivity contribution in [3.8, 4) is 5.75 Å². The van der Waals surface area contributed by atoms with E-state index in [1.165, 1.54) is 18.2 Å². The smallest absolute Gasteiger partial charge is 0.238 e. The topological polar surface area (TPSA) is 81.4 Å². The maximum Gasteiger partial charge on any atom is 0.238 e. The molecular weight excluding hydrogens is 367 g/mol. The fourth-order valence-electron chi connectivity index (χ4n) is 2.49. The zero-order chi connectivity index (χ0) is 19.3. The van der Waals surface area contributed by atoms with E-state index in [4.69, 9.17) is 9.88 Å². The molecule has 0 amide bonds. The molecule has 0 radical (unpaired) electrons. The Hall–Kier alpha value is -2.90. The molecule has 3 aromatic rings.